The van der Waals surface area contributed by atoms with Gasteiger partial charge in [0.2, 0.25) is 0 Å². The van der Waals surface area contributed by atoms with Crippen LogP contribution in [-0.4, -0.2) is 62.6 Å². The van der Waals surface area contributed by atoms with Crippen molar-refractivity contribution in [1.29, 1.82) is 0 Å². The molecule has 124 valence electrons. The van der Waals surface area contributed by atoms with Crippen LogP contribution >= 0.6 is 11.8 Å². The van der Waals surface area contributed by atoms with E-state index in [4.69, 9.17) is 0 Å². The summed E-state index contributed by atoms with van der Waals surface area (Å²) in [5.41, 5.74) is 0. The number of hydrogen-bond donors (Lipinski definition) is 2. The quantitative estimate of drug-likeness (QED) is 0.410. The van der Waals surface area contributed by atoms with Gasteiger partial charge in [0.05, 0.1) is 0 Å². The van der Waals surface area contributed by atoms with Crippen LogP contribution < -0.4 is 10.6 Å². The Morgan fingerprint density at radius 3 is 2.43 bits per heavy atom. The molecule has 0 amide bonds. The third kappa shape index (κ3) is 8.57. The van der Waals surface area contributed by atoms with Crippen molar-refractivity contribution in [3.05, 3.63) is 0 Å². The van der Waals surface area contributed by atoms with Gasteiger partial charge in [-0.15, -0.1) is 0 Å². The van der Waals surface area contributed by atoms with Crippen LogP contribution in [0.2, 0.25) is 0 Å². The van der Waals surface area contributed by atoms with Gasteiger partial charge >= 0.3 is 0 Å². The zero-order valence-electron chi connectivity index (χ0n) is 14.3. The van der Waals surface area contributed by atoms with Crippen molar-refractivity contribution < 1.29 is 0 Å². The predicted molar refractivity (Wildman–Crippen MR) is 96.4 cm³/mol. The first-order valence-electron chi connectivity index (χ1n) is 8.31. The highest BCUT2D eigenvalue weighted by atomic mass is 32.2. The van der Waals surface area contributed by atoms with Crippen molar-refractivity contribution >= 4 is 17.7 Å². The number of nitrogens with zero attached hydrogens (tertiary/aromatic N) is 2. The van der Waals surface area contributed by atoms with E-state index in [9.17, 15) is 0 Å². The van der Waals surface area contributed by atoms with Crippen molar-refractivity contribution in [2.75, 3.05) is 51.8 Å². The number of aliphatic imine (C=N–C) groups is 1. The van der Waals surface area contributed by atoms with E-state index in [1.165, 1.54) is 38.1 Å². The lowest BCUT2D eigenvalue weighted by Crippen LogP contribution is -2.45. The minimum atomic E-state index is 0.836. The molecule has 1 aliphatic heterocycles. The number of piperidine rings is 1. The number of guanidine groups is 1. The van der Waals surface area contributed by atoms with Crippen LogP contribution in [-0.2, 0) is 0 Å². The van der Waals surface area contributed by atoms with Crippen molar-refractivity contribution in [3.63, 3.8) is 0 Å². The molecule has 1 fully saturated rings. The molecule has 0 spiro atoms. The Labute approximate surface area is 135 Å². The van der Waals surface area contributed by atoms with Crippen LogP contribution in [0.25, 0.3) is 0 Å². The van der Waals surface area contributed by atoms with Crippen molar-refractivity contribution in [2.45, 2.75) is 33.1 Å². The number of hydrogen-bond acceptors (Lipinski definition) is 3. The highest BCUT2D eigenvalue weighted by Crippen LogP contribution is 2.20. The minimum Gasteiger partial charge on any atom is -0.356 e. The normalized spacial score (nSPS) is 24.1. The van der Waals surface area contributed by atoms with Gasteiger partial charge in [-0.3, -0.25) is 4.99 Å². The Bertz CT molecular complexity index is 286. The molecule has 2 unspecified atom stereocenters. The zero-order chi connectivity index (χ0) is 15.5. The number of nitrogens with one attached hydrogen (secondary N) is 2. The van der Waals surface area contributed by atoms with Crippen LogP contribution in [0, 0.1) is 11.8 Å². The Morgan fingerprint density at radius 1 is 1.14 bits per heavy atom. The summed E-state index contributed by atoms with van der Waals surface area (Å²) < 4.78 is 0. The van der Waals surface area contributed by atoms with Gasteiger partial charge in [0.1, 0.15) is 0 Å². The van der Waals surface area contributed by atoms with Gasteiger partial charge in [-0.05, 0) is 43.1 Å². The van der Waals surface area contributed by atoms with Crippen LogP contribution in [0.4, 0.5) is 0 Å². The molecule has 2 N–H and O–H groups in total. The maximum atomic E-state index is 4.29. The molecule has 0 aromatic carbocycles. The molecular weight excluding hydrogens is 280 g/mol. The molecule has 0 radical (unpaired) electrons. The average Bonchev–Trinajstić information content (AvgIpc) is 2.44. The van der Waals surface area contributed by atoms with Crippen molar-refractivity contribution in [3.8, 4) is 0 Å². The average molecular weight is 315 g/mol. The molecule has 1 saturated heterocycles. The van der Waals surface area contributed by atoms with Gasteiger partial charge in [0.15, 0.2) is 5.96 Å². The molecule has 1 rings (SSSR count). The van der Waals surface area contributed by atoms with E-state index in [0.717, 1.165) is 37.4 Å². The van der Waals surface area contributed by atoms with Gasteiger partial charge < -0.3 is 15.5 Å². The van der Waals surface area contributed by atoms with Crippen LogP contribution in [0.3, 0.4) is 0 Å². The molecule has 0 aromatic rings. The SMILES string of the molecule is CN=C(NCCCCSC)NCCN1CC(C)CC(C)C1. The largest absolute Gasteiger partial charge is 0.356 e. The Kier molecular flexibility index (Phi) is 9.92. The Balaban J connectivity index is 2.11. The smallest absolute Gasteiger partial charge is 0.191 e. The maximum absolute atomic E-state index is 4.29. The fourth-order valence-electron chi connectivity index (χ4n) is 3.11. The molecule has 21 heavy (non-hydrogen) atoms. The summed E-state index contributed by atoms with van der Waals surface area (Å²) in [5.74, 6) is 3.86. The predicted octanol–water partition coefficient (Wildman–Crippen LogP) is 2.27. The third-order valence-electron chi connectivity index (χ3n) is 3.96. The van der Waals surface area contributed by atoms with E-state index in [0.29, 0.717) is 0 Å². The van der Waals surface area contributed by atoms with Crippen molar-refractivity contribution in [1.82, 2.24) is 15.5 Å². The first-order chi connectivity index (χ1) is 10.2. The van der Waals surface area contributed by atoms with E-state index < -0.39 is 0 Å². The molecule has 0 saturated carbocycles. The number of likely N-dealkylation sites (tertiary alicyclic amines) is 1. The summed E-state index contributed by atoms with van der Waals surface area (Å²) in [4.78, 5) is 6.87. The molecule has 0 aliphatic carbocycles. The van der Waals surface area contributed by atoms with Crippen LogP contribution in [0.15, 0.2) is 4.99 Å². The topological polar surface area (TPSA) is 39.7 Å². The third-order valence-corrected chi connectivity index (χ3v) is 4.65. The summed E-state index contributed by atoms with van der Waals surface area (Å²) in [6.07, 6.45) is 6.02. The number of rotatable bonds is 8. The monoisotopic (exact) mass is 314 g/mol. The number of thioether (sulfide) groups is 1. The fraction of sp³-hybridized carbons (Fsp3) is 0.938. The summed E-state index contributed by atoms with van der Waals surface area (Å²) in [6, 6.07) is 0. The second kappa shape index (κ2) is 11.2. The minimum absolute atomic E-state index is 0.836. The fourth-order valence-corrected chi connectivity index (χ4v) is 3.60. The Morgan fingerprint density at radius 2 is 1.81 bits per heavy atom. The number of unbranched alkanes of at least 4 members (excludes halogenated alkanes) is 1. The molecule has 4 nitrogen and oxygen atoms in total. The van der Waals surface area contributed by atoms with E-state index in [2.05, 4.69) is 40.6 Å². The first kappa shape index (κ1) is 18.6. The molecule has 0 aromatic heterocycles. The van der Waals surface area contributed by atoms with Gasteiger partial charge in [-0.25, -0.2) is 0 Å². The molecule has 1 heterocycles. The summed E-state index contributed by atoms with van der Waals surface area (Å²) in [5, 5.41) is 6.82. The summed E-state index contributed by atoms with van der Waals surface area (Å²) >= 11 is 1.92. The molecule has 2 atom stereocenters. The van der Waals surface area contributed by atoms with E-state index in [1.54, 1.807) is 0 Å². The molecule has 5 heteroatoms. The lowest BCUT2D eigenvalue weighted by Gasteiger charge is -2.35. The first-order valence-corrected chi connectivity index (χ1v) is 9.71. The van der Waals surface area contributed by atoms with Gasteiger partial charge in [0, 0.05) is 39.8 Å². The standard InChI is InChI=1S/C16H34N4S/c1-14-11-15(2)13-20(12-14)9-8-19-16(17-3)18-7-5-6-10-21-4/h14-15H,5-13H2,1-4H3,(H2,17,18,19). The van der Waals surface area contributed by atoms with Crippen LogP contribution in [0.5, 0.6) is 0 Å². The molecule has 1 aliphatic rings. The maximum Gasteiger partial charge on any atom is 0.191 e. The highest BCUT2D eigenvalue weighted by molar-refractivity contribution is 7.98. The van der Waals surface area contributed by atoms with Gasteiger partial charge in [-0.1, -0.05) is 13.8 Å². The summed E-state index contributed by atoms with van der Waals surface area (Å²) in [6.45, 7) is 10.3. The zero-order valence-corrected chi connectivity index (χ0v) is 15.1. The second-order valence-corrected chi connectivity index (χ2v) is 7.32. The lowest BCUT2D eigenvalue weighted by atomic mass is 9.92. The van der Waals surface area contributed by atoms with Crippen LogP contribution in [0.1, 0.15) is 33.1 Å². The van der Waals surface area contributed by atoms with Gasteiger partial charge in [-0.2, -0.15) is 11.8 Å². The van der Waals surface area contributed by atoms with E-state index in [1.807, 2.05) is 18.8 Å². The van der Waals surface area contributed by atoms with E-state index >= 15 is 0 Å². The molecule has 0 bridgehead atoms. The second-order valence-electron chi connectivity index (χ2n) is 6.33. The van der Waals surface area contributed by atoms with Gasteiger partial charge in [0.25, 0.3) is 0 Å². The molecular formula is C16H34N4S. The van der Waals surface area contributed by atoms with E-state index in [-0.39, 0.29) is 0 Å². The lowest BCUT2D eigenvalue weighted by molar-refractivity contribution is 0.143. The summed E-state index contributed by atoms with van der Waals surface area (Å²) in [7, 11) is 1.85. The Hall–Kier alpha value is -0.420. The van der Waals surface area contributed by atoms with Crippen molar-refractivity contribution in [2.24, 2.45) is 16.8 Å². The highest BCUT2D eigenvalue weighted by Gasteiger charge is 2.21.